The molecule has 2 heterocycles. The number of hydrogen-bond donors (Lipinski definition) is 0. The Labute approximate surface area is 79.6 Å². The molecule has 0 spiro atoms. The van der Waals surface area contributed by atoms with Crippen molar-refractivity contribution in [1.29, 1.82) is 0 Å². The van der Waals surface area contributed by atoms with Gasteiger partial charge in [0.2, 0.25) is 0 Å². The molecule has 0 aromatic carbocycles. The first kappa shape index (κ1) is 7.10. The standard InChI is InChI=1S/C5HBr2NOSe/c6-3-4-2(1-9-8-4)10-5(3)7/h1H. The summed E-state index contributed by atoms with van der Waals surface area (Å²) in [4.78, 5) is 0. The number of hydrogen-bond acceptors (Lipinski definition) is 2. The molecule has 0 aliphatic carbocycles. The van der Waals surface area contributed by atoms with Crippen molar-refractivity contribution in [3.05, 3.63) is 14.1 Å². The Bertz CT molecular complexity index is 366. The molecule has 2 nitrogen and oxygen atoms in total. The van der Waals surface area contributed by atoms with E-state index in [1.165, 1.54) is 7.61 Å². The minimum atomic E-state index is 0.355. The van der Waals surface area contributed by atoms with Gasteiger partial charge in [-0.05, 0) is 0 Å². The number of halogens is 2. The van der Waals surface area contributed by atoms with Crippen molar-refractivity contribution >= 4 is 56.1 Å². The molecule has 2 aromatic rings. The summed E-state index contributed by atoms with van der Waals surface area (Å²) >= 11 is 7.21. The third kappa shape index (κ3) is 0.925. The second-order valence-corrected chi connectivity index (χ2v) is 6.69. The van der Waals surface area contributed by atoms with E-state index in [4.69, 9.17) is 4.52 Å². The Morgan fingerprint density at radius 2 is 2.30 bits per heavy atom. The Hall–Kier alpha value is 0.429. The molecule has 0 aliphatic heterocycles. The molecule has 0 amide bonds. The summed E-state index contributed by atoms with van der Waals surface area (Å²) in [6, 6.07) is 0. The summed E-state index contributed by atoms with van der Waals surface area (Å²) in [5.74, 6) is 0. The maximum absolute atomic E-state index is 4.79. The molecule has 5 heteroatoms. The third-order valence-electron chi connectivity index (χ3n) is 1.12. The zero-order chi connectivity index (χ0) is 7.14. The minimum absolute atomic E-state index is 0.355. The van der Waals surface area contributed by atoms with Crippen LogP contribution in [0.25, 0.3) is 9.78 Å². The Balaban J connectivity index is 2.95. The van der Waals surface area contributed by atoms with Crippen LogP contribution in [-0.2, 0) is 0 Å². The predicted molar refractivity (Wildman–Crippen MR) is 46.3 cm³/mol. The number of aromatic nitrogens is 1. The first-order valence-electron chi connectivity index (χ1n) is 2.47. The molecule has 2 aromatic heterocycles. The monoisotopic (exact) mass is 329 g/mol. The summed E-state index contributed by atoms with van der Waals surface area (Å²) in [6.07, 6.45) is 1.70. The predicted octanol–water partition coefficient (Wildman–Crippen LogP) is 2.41. The van der Waals surface area contributed by atoms with E-state index < -0.39 is 0 Å². The average molecular weight is 330 g/mol. The van der Waals surface area contributed by atoms with Gasteiger partial charge in [0.25, 0.3) is 0 Å². The van der Waals surface area contributed by atoms with Crippen LogP contribution in [0.4, 0.5) is 0 Å². The van der Waals surface area contributed by atoms with Gasteiger partial charge in [0, 0.05) is 0 Å². The Kier molecular flexibility index (Phi) is 1.76. The van der Waals surface area contributed by atoms with Crippen molar-refractivity contribution < 1.29 is 4.52 Å². The summed E-state index contributed by atoms with van der Waals surface area (Å²) in [6.45, 7) is 0. The van der Waals surface area contributed by atoms with Crippen molar-refractivity contribution in [3.63, 3.8) is 0 Å². The number of nitrogens with zero attached hydrogens (tertiary/aromatic N) is 1. The van der Waals surface area contributed by atoms with E-state index in [2.05, 4.69) is 37.0 Å². The van der Waals surface area contributed by atoms with Crippen LogP contribution in [-0.4, -0.2) is 19.7 Å². The van der Waals surface area contributed by atoms with Crippen LogP contribution < -0.4 is 0 Å². The maximum atomic E-state index is 4.79. The molecule has 2 rings (SSSR count). The number of fused-ring (bicyclic) bond motifs is 1. The van der Waals surface area contributed by atoms with E-state index in [-0.39, 0.29) is 0 Å². The van der Waals surface area contributed by atoms with Crippen LogP contribution in [0.2, 0.25) is 0 Å². The molecule has 10 heavy (non-hydrogen) atoms. The Morgan fingerprint density at radius 1 is 1.50 bits per heavy atom. The normalized spacial score (nSPS) is 11.0. The molecule has 0 N–H and O–H groups in total. The molecule has 0 radical (unpaired) electrons. The fourth-order valence-electron chi connectivity index (χ4n) is 0.683. The molecule has 0 saturated heterocycles. The zero-order valence-corrected chi connectivity index (χ0v) is 9.48. The summed E-state index contributed by atoms with van der Waals surface area (Å²) in [7, 11) is 0. The van der Waals surface area contributed by atoms with Crippen molar-refractivity contribution in [2.75, 3.05) is 0 Å². The first-order chi connectivity index (χ1) is 4.79. The van der Waals surface area contributed by atoms with E-state index in [1.54, 1.807) is 6.26 Å². The van der Waals surface area contributed by atoms with Gasteiger partial charge in [-0.15, -0.1) is 0 Å². The second-order valence-electron chi connectivity index (χ2n) is 1.72. The fraction of sp³-hybridized carbons (Fsp3) is 0. The van der Waals surface area contributed by atoms with Crippen molar-refractivity contribution in [2.45, 2.75) is 0 Å². The molecular formula is C5HBr2NOSe. The van der Waals surface area contributed by atoms with Crippen molar-refractivity contribution in [1.82, 2.24) is 5.16 Å². The third-order valence-corrected chi connectivity index (χ3v) is 6.12. The number of rotatable bonds is 0. The molecule has 0 unspecified atom stereocenters. The summed E-state index contributed by atoms with van der Waals surface area (Å²) < 4.78 is 8.23. The van der Waals surface area contributed by atoms with Gasteiger partial charge in [0.05, 0.1) is 0 Å². The van der Waals surface area contributed by atoms with Crippen LogP contribution in [0.1, 0.15) is 0 Å². The Morgan fingerprint density at radius 3 is 3.00 bits per heavy atom. The topological polar surface area (TPSA) is 26.0 Å². The van der Waals surface area contributed by atoms with Gasteiger partial charge < -0.3 is 0 Å². The molecule has 0 fully saturated rings. The molecule has 0 bridgehead atoms. The van der Waals surface area contributed by atoms with E-state index >= 15 is 0 Å². The van der Waals surface area contributed by atoms with Gasteiger partial charge in [-0.3, -0.25) is 0 Å². The van der Waals surface area contributed by atoms with E-state index in [0.717, 1.165) is 9.99 Å². The van der Waals surface area contributed by atoms with Gasteiger partial charge in [-0.25, -0.2) is 0 Å². The molecule has 52 valence electrons. The van der Waals surface area contributed by atoms with Gasteiger partial charge in [-0.1, -0.05) is 0 Å². The molecular weight excluding hydrogens is 329 g/mol. The van der Waals surface area contributed by atoms with E-state index in [1.807, 2.05) is 0 Å². The van der Waals surface area contributed by atoms with Gasteiger partial charge >= 0.3 is 79.9 Å². The summed E-state index contributed by atoms with van der Waals surface area (Å²) in [5.41, 5.74) is 0.951. The van der Waals surface area contributed by atoms with Crippen LogP contribution >= 0.6 is 31.9 Å². The summed E-state index contributed by atoms with van der Waals surface area (Å²) in [5, 5.41) is 3.83. The van der Waals surface area contributed by atoms with Gasteiger partial charge in [0.15, 0.2) is 0 Å². The van der Waals surface area contributed by atoms with Crippen LogP contribution in [0, 0.1) is 0 Å². The van der Waals surface area contributed by atoms with Crippen LogP contribution in [0.15, 0.2) is 18.6 Å². The first-order valence-corrected chi connectivity index (χ1v) is 5.77. The quantitative estimate of drug-likeness (QED) is 0.694. The molecule has 0 saturated carbocycles. The van der Waals surface area contributed by atoms with Crippen molar-refractivity contribution in [3.8, 4) is 0 Å². The molecule has 0 atom stereocenters. The average Bonchev–Trinajstić information content (AvgIpc) is 2.41. The second kappa shape index (κ2) is 2.48. The van der Waals surface area contributed by atoms with Gasteiger partial charge in [-0.2, -0.15) is 0 Å². The zero-order valence-electron chi connectivity index (χ0n) is 4.60. The van der Waals surface area contributed by atoms with E-state index in [0.29, 0.717) is 14.5 Å². The fourth-order valence-corrected chi connectivity index (χ4v) is 4.26. The van der Waals surface area contributed by atoms with E-state index in [9.17, 15) is 0 Å². The SMILES string of the molecule is Brc1[se]c2conc2c1Br. The van der Waals surface area contributed by atoms with Crippen molar-refractivity contribution in [2.24, 2.45) is 0 Å². The molecule has 0 aliphatic rings. The van der Waals surface area contributed by atoms with Gasteiger partial charge in [0.1, 0.15) is 0 Å². The van der Waals surface area contributed by atoms with Crippen LogP contribution in [0.3, 0.4) is 0 Å². The van der Waals surface area contributed by atoms with Crippen LogP contribution in [0.5, 0.6) is 0 Å².